The van der Waals surface area contributed by atoms with E-state index in [1.807, 2.05) is 6.92 Å². The van der Waals surface area contributed by atoms with E-state index in [0.29, 0.717) is 12.5 Å². The SMILES string of the molecule is CCNC(=O)NCC1CCN(Cc2cccc3ccccc23)C1. The average Bonchev–Trinajstić information content (AvgIpc) is 3.01. The normalized spacial score (nSPS) is 18.2. The van der Waals surface area contributed by atoms with Crippen molar-refractivity contribution >= 4 is 16.8 Å². The lowest BCUT2D eigenvalue weighted by molar-refractivity contribution is 0.239. The molecular formula is C19H25N3O. The lowest BCUT2D eigenvalue weighted by Gasteiger charge is -2.18. The summed E-state index contributed by atoms with van der Waals surface area (Å²) in [6.45, 7) is 6.50. The Hall–Kier alpha value is -2.07. The van der Waals surface area contributed by atoms with Gasteiger partial charge in [0.15, 0.2) is 0 Å². The van der Waals surface area contributed by atoms with Crippen LogP contribution in [-0.4, -0.2) is 37.1 Å². The van der Waals surface area contributed by atoms with Gasteiger partial charge in [0.05, 0.1) is 0 Å². The molecule has 1 heterocycles. The fourth-order valence-corrected chi connectivity index (χ4v) is 3.35. The summed E-state index contributed by atoms with van der Waals surface area (Å²) in [7, 11) is 0. The van der Waals surface area contributed by atoms with Crippen LogP contribution in [0.1, 0.15) is 18.9 Å². The highest BCUT2D eigenvalue weighted by molar-refractivity contribution is 5.85. The van der Waals surface area contributed by atoms with E-state index in [2.05, 4.69) is 58.0 Å². The van der Waals surface area contributed by atoms with Crippen molar-refractivity contribution in [1.29, 1.82) is 0 Å². The largest absolute Gasteiger partial charge is 0.338 e. The zero-order valence-corrected chi connectivity index (χ0v) is 13.7. The fraction of sp³-hybridized carbons (Fsp3) is 0.421. The molecule has 23 heavy (non-hydrogen) atoms. The average molecular weight is 311 g/mol. The number of rotatable bonds is 5. The molecule has 0 radical (unpaired) electrons. The van der Waals surface area contributed by atoms with E-state index >= 15 is 0 Å². The minimum Gasteiger partial charge on any atom is -0.338 e. The summed E-state index contributed by atoms with van der Waals surface area (Å²) >= 11 is 0. The van der Waals surface area contributed by atoms with Gasteiger partial charge in [-0.3, -0.25) is 4.90 Å². The van der Waals surface area contributed by atoms with Crippen molar-refractivity contribution in [1.82, 2.24) is 15.5 Å². The van der Waals surface area contributed by atoms with E-state index in [1.54, 1.807) is 0 Å². The van der Waals surface area contributed by atoms with Gasteiger partial charge in [0.25, 0.3) is 0 Å². The molecule has 0 bridgehead atoms. The lowest BCUT2D eigenvalue weighted by atomic mass is 10.0. The van der Waals surface area contributed by atoms with Gasteiger partial charge in [0.1, 0.15) is 0 Å². The maximum atomic E-state index is 11.5. The molecular weight excluding hydrogens is 286 g/mol. The van der Waals surface area contributed by atoms with Crippen LogP contribution in [0.2, 0.25) is 0 Å². The number of carbonyl (C=O) groups excluding carboxylic acids is 1. The van der Waals surface area contributed by atoms with Crippen LogP contribution < -0.4 is 10.6 Å². The second kappa shape index (κ2) is 7.47. The summed E-state index contributed by atoms with van der Waals surface area (Å²) in [6.07, 6.45) is 1.15. The van der Waals surface area contributed by atoms with Gasteiger partial charge in [0.2, 0.25) is 0 Å². The molecule has 1 saturated heterocycles. The van der Waals surface area contributed by atoms with Gasteiger partial charge in [-0.15, -0.1) is 0 Å². The topological polar surface area (TPSA) is 44.4 Å². The van der Waals surface area contributed by atoms with Crippen LogP contribution in [0.3, 0.4) is 0 Å². The smallest absolute Gasteiger partial charge is 0.314 e. The number of nitrogens with zero attached hydrogens (tertiary/aromatic N) is 1. The number of hydrogen-bond acceptors (Lipinski definition) is 2. The number of hydrogen-bond donors (Lipinski definition) is 2. The van der Waals surface area contributed by atoms with Crippen LogP contribution in [-0.2, 0) is 6.54 Å². The molecule has 122 valence electrons. The zero-order valence-electron chi connectivity index (χ0n) is 13.7. The fourth-order valence-electron chi connectivity index (χ4n) is 3.35. The number of carbonyl (C=O) groups is 1. The van der Waals surface area contributed by atoms with Crippen molar-refractivity contribution in [2.45, 2.75) is 19.9 Å². The second-order valence-corrected chi connectivity index (χ2v) is 6.27. The first-order chi connectivity index (χ1) is 11.3. The zero-order chi connectivity index (χ0) is 16.1. The van der Waals surface area contributed by atoms with Crippen molar-refractivity contribution in [3.05, 3.63) is 48.0 Å². The predicted molar refractivity (Wildman–Crippen MR) is 94.4 cm³/mol. The van der Waals surface area contributed by atoms with Crippen LogP contribution in [0.4, 0.5) is 4.79 Å². The molecule has 1 aliphatic heterocycles. The van der Waals surface area contributed by atoms with Gasteiger partial charge < -0.3 is 10.6 Å². The van der Waals surface area contributed by atoms with Gasteiger partial charge in [-0.1, -0.05) is 42.5 Å². The molecule has 1 fully saturated rings. The number of urea groups is 1. The van der Waals surface area contributed by atoms with Gasteiger partial charge in [-0.05, 0) is 42.1 Å². The maximum absolute atomic E-state index is 11.5. The molecule has 4 nitrogen and oxygen atoms in total. The number of amides is 2. The standard InChI is InChI=1S/C19H25N3O/c1-2-20-19(23)21-12-15-10-11-22(13-15)14-17-8-5-7-16-6-3-4-9-18(16)17/h3-9,15H,2,10-14H2,1H3,(H2,20,21,23). The third-order valence-corrected chi connectivity index (χ3v) is 4.53. The number of likely N-dealkylation sites (tertiary alicyclic amines) is 1. The molecule has 2 amide bonds. The molecule has 1 unspecified atom stereocenters. The highest BCUT2D eigenvalue weighted by Gasteiger charge is 2.23. The summed E-state index contributed by atoms with van der Waals surface area (Å²) < 4.78 is 0. The summed E-state index contributed by atoms with van der Waals surface area (Å²) in [5, 5.41) is 8.39. The first-order valence-electron chi connectivity index (χ1n) is 8.47. The summed E-state index contributed by atoms with van der Waals surface area (Å²) in [6, 6.07) is 15.0. The van der Waals surface area contributed by atoms with Crippen molar-refractivity contribution < 1.29 is 4.79 Å². The van der Waals surface area contributed by atoms with Gasteiger partial charge in [-0.25, -0.2) is 4.79 Å². The van der Waals surface area contributed by atoms with Gasteiger partial charge in [-0.2, -0.15) is 0 Å². The Bertz CT molecular complexity index is 665. The quantitative estimate of drug-likeness (QED) is 0.891. The maximum Gasteiger partial charge on any atom is 0.314 e. The van der Waals surface area contributed by atoms with E-state index in [1.165, 1.54) is 16.3 Å². The Balaban J connectivity index is 1.56. The molecule has 2 N–H and O–H groups in total. The molecule has 2 aromatic carbocycles. The van der Waals surface area contributed by atoms with E-state index in [9.17, 15) is 4.79 Å². The van der Waals surface area contributed by atoms with Gasteiger partial charge in [0, 0.05) is 26.2 Å². The summed E-state index contributed by atoms with van der Waals surface area (Å²) in [4.78, 5) is 14.0. The predicted octanol–water partition coefficient (Wildman–Crippen LogP) is 2.98. The highest BCUT2D eigenvalue weighted by Crippen LogP contribution is 2.23. The molecule has 0 saturated carbocycles. The second-order valence-electron chi connectivity index (χ2n) is 6.27. The van der Waals surface area contributed by atoms with Crippen LogP contribution in [0.5, 0.6) is 0 Å². The Kier molecular flexibility index (Phi) is 5.13. The van der Waals surface area contributed by atoms with Gasteiger partial charge >= 0.3 is 6.03 Å². The van der Waals surface area contributed by atoms with Crippen LogP contribution in [0.25, 0.3) is 10.8 Å². The molecule has 1 aliphatic rings. The van der Waals surface area contributed by atoms with Crippen molar-refractivity contribution in [2.24, 2.45) is 5.92 Å². The van der Waals surface area contributed by atoms with Crippen LogP contribution in [0, 0.1) is 5.92 Å². The number of benzene rings is 2. The minimum atomic E-state index is -0.0556. The third kappa shape index (κ3) is 4.02. The Labute approximate surface area is 137 Å². The van der Waals surface area contributed by atoms with Crippen molar-refractivity contribution in [3.8, 4) is 0 Å². The first kappa shape index (κ1) is 15.8. The van der Waals surface area contributed by atoms with E-state index in [-0.39, 0.29) is 6.03 Å². The molecule has 1 atom stereocenters. The molecule has 3 rings (SSSR count). The monoisotopic (exact) mass is 311 g/mol. The lowest BCUT2D eigenvalue weighted by Crippen LogP contribution is -2.38. The van der Waals surface area contributed by atoms with E-state index in [0.717, 1.165) is 32.6 Å². The summed E-state index contributed by atoms with van der Waals surface area (Å²) in [5.41, 5.74) is 1.39. The number of fused-ring (bicyclic) bond motifs is 1. The Morgan fingerprint density at radius 2 is 2.00 bits per heavy atom. The molecule has 0 aliphatic carbocycles. The Morgan fingerprint density at radius 1 is 1.17 bits per heavy atom. The first-order valence-corrected chi connectivity index (χ1v) is 8.47. The molecule has 0 spiro atoms. The molecule has 4 heteroatoms. The van der Waals surface area contributed by atoms with Crippen molar-refractivity contribution in [3.63, 3.8) is 0 Å². The van der Waals surface area contributed by atoms with E-state index in [4.69, 9.17) is 0 Å². The highest BCUT2D eigenvalue weighted by atomic mass is 16.2. The van der Waals surface area contributed by atoms with Crippen molar-refractivity contribution in [2.75, 3.05) is 26.2 Å². The molecule has 0 aromatic heterocycles. The van der Waals surface area contributed by atoms with Crippen LogP contribution in [0.15, 0.2) is 42.5 Å². The Morgan fingerprint density at radius 3 is 2.87 bits per heavy atom. The van der Waals surface area contributed by atoms with Crippen LogP contribution >= 0.6 is 0 Å². The summed E-state index contributed by atoms with van der Waals surface area (Å²) in [5.74, 6) is 0.549. The third-order valence-electron chi connectivity index (χ3n) is 4.53. The minimum absolute atomic E-state index is 0.0556. The number of nitrogens with one attached hydrogen (secondary N) is 2. The van der Waals surface area contributed by atoms with E-state index < -0.39 is 0 Å². The molecule has 2 aromatic rings.